The second-order valence-electron chi connectivity index (χ2n) is 5.46. The van der Waals surface area contributed by atoms with E-state index in [2.05, 4.69) is 10.3 Å². The molecule has 3 rings (SSSR count). The lowest BCUT2D eigenvalue weighted by Crippen LogP contribution is -2.26. The van der Waals surface area contributed by atoms with Crippen LogP contribution in [0.25, 0.3) is 0 Å². The molecule has 1 aromatic heterocycles. The van der Waals surface area contributed by atoms with Crippen LogP contribution in [0.4, 0.5) is 5.69 Å². The van der Waals surface area contributed by atoms with Crippen LogP contribution in [0.1, 0.15) is 28.8 Å². The third kappa shape index (κ3) is 4.09. The zero-order valence-corrected chi connectivity index (χ0v) is 13.1. The number of carbonyl (C=O) groups excluding carboxylic acids is 1. The van der Waals surface area contributed by atoms with Crippen LogP contribution in [0.15, 0.2) is 42.6 Å². The summed E-state index contributed by atoms with van der Waals surface area (Å²) in [5.74, 6) is 0.252. The van der Waals surface area contributed by atoms with E-state index in [0.717, 1.165) is 12.8 Å². The van der Waals surface area contributed by atoms with E-state index in [1.54, 1.807) is 36.4 Å². The van der Waals surface area contributed by atoms with E-state index in [9.17, 15) is 4.79 Å². The van der Waals surface area contributed by atoms with Crippen LogP contribution in [-0.4, -0.2) is 30.2 Å². The molecule has 0 saturated carbocycles. The van der Waals surface area contributed by atoms with Crippen LogP contribution in [0, 0.1) is 11.3 Å². The molecule has 0 spiro atoms. The predicted molar refractivity (Wildman–Crippen MR) is 87.8 cm³/mol. The number of nitriles is 1. The van der Waals surface area contributed by atoms with E-state index in [-0.39, 0.29) is 12.0 Å². The highest BCUT2D eigenvalue weighted by Crippen LogP contribution is 2.17. The van der Waals surface area contributed by atoms with Crippen molar-refractivity contribution < 1.29 is 14.3 Å². The second-order valence-corrected chi connectivity index (χ2v) is 5.46. The maximum Gasteiger partial charge on any atom is 0.257 e. The SMILES string of the molecule is N#Cc1ccc(NC(=O)c2ccc(OC3CCOCC3)nc2)cc1. The summed E-state index contributed by atoms with van der Waals surface area (Å²) in [4.78, 5) is 16.4. The minimum Gasteiger partial charge on any atom is -0.474 e. The fraction of sp³-hybridized carbons (Fsp3) is 0.278. The monoisotopic (exact) mass is 323 g/mol. The molecule has 122 valence electrons. The van der Waals surface area contributed by atoms with Crippen LogP contribution in [-0.2, 0) is 4.74 Å². The maximum absolute atomic E-state index is 12.2. The van der Waals surface area contributed by atoms with Gasteiger partial charge in [-0.3, -0.25) is 4.79 Å². The number of carbonyl (C=O) groups is 1. The molecule has 0 atom stereocenters. The van der Waals surface area contributed by atoms with E-state index in [4.69, 9.17) is 14.7 Å². The molecule has 1 amide bonds. The largest absolute Gasteiger partial charge is 0.474 e. The standard InChI is InChI=1S/C18H17N3O3/c19-11-13-1-4-15(5-2-13)21-18(22)14-3-6-17(20-12-14)24-16-7-9-23-10-8-16/h1-6,12,16H,7-10H2,(H,21,22). The first-order valence-corrected chi connectivity index (χ1v) is 7.76. The normalized spacial score (nSPS) is 14.6. The summed E-state index contributed by atoms with van der Waals surface area (Å²) in [7, 11) is 0. The number of hydrogen-bond donors (Lipinski definition) is 1. The summed E-state index contributed by atoms with van der Waals surface area (Å²) in [5, 5.41) is 11.5. The Bertz CT molecular complexity index is 730. The molecule has 1 aliphatic rings. The first kappa shape index (κ1) is 16.0. The van der Waals surface area contributed by atoms with Gasteiger partial charge in [0.2, 0.25) is 5.88 Å². The summed E-state index contributed by atoms with van der Waals surface area (Å²) in [6.07, 6.45) is 3.31. The van der Waals surface area contributed by atoms with Crippen molar-refractivity contribution in [3.8, 4) is 11.9 Å². The number of aromatic nitrogens is 1. The van der Waals surface area contributed by atoms with Gasteiger partial charge in [-0.2, -0.15) is 5.26 Å². The Labute approximate surface area is 140 Å². The first-order valence-electron chi connectivity index (χ1n) is 7.76. The lowest BCUT2D eigenvalue weighted by atomic mass is 10.1. The van der Waals surface area contributed by atoms with Crippen LogP contribution >= 0.6 is 0 Å². The molecule has 1 aromatic carbocycles. The Morgan fingerprint density at radius 1 is 1.21 bits per heavy atom. The van der Waals surface area contributed by atoms with Gasteiger partial charge in [-0.05, 0) is 30.3 Å². The highest BCUT2D eigenvalue weighted by Gasteiger charge is 2.16. The number of benzene rings is 1. The quantitative estimate of drug-likeness (QED) is 0.935. The van der Waals surface area contributed by atoms with Gasteiger partial charge in [-0.1, -0.05) is 0 Å². The predicted octanol–water partition coefficient (Wildman–Crippen LogP) is 2.76. The van der Waals surface area contributed by atoms with Gasteiger partial charge in [0.05, 0.1) is 30.4 Å². The van der Waals surface area contributed by atoms with Crippen LogP contribution in [0.5, 0.6) is 5.88 Å². The van der Waals surface area contributed by atoms with Crippen molar-refractivity contribution in [2.75, 3.05) is 18.5 Å². The smallest absolute Gasteiger partial charge is 0.257 e. The van der Waals surface area contributed by atoms with Crippen molar-refractivity contribution in [1.82, 2.24) is 4.98 Å². The van der Waals surface area contributed by atoms with E-state index in [0.29, 0.717) is 35.9 Å². The van der Waals surface area contributed by atoms with Gasteiger partial charge < -0.3 is 14.8 Å². The maximum atomic E-state index is 12.2. The second kappa shape index (κ2) is 7.57. The van der Waals surface area contributed by atoms with Gasteiger partial charge in [-0.15, -0.1) is 0 Å². The average molecular weight is 323 g/mol. The Morgan fingerprint density at radius 3 is 2.58 bits per heavy atom. The van der Waals surface area contributed by atoms with E-state index in [1.807, 2.05) is 6.07 Å². The van der Waals surface area contributed by atoms with Gasteiger partial charge in [0, 0.05) is 30.8 Å². The van der Waals surface area contributed by atoms with Crippen LogP contribution < -0.4 is 10.1 Å². The fourth-order valence-corrected chi connectivity index (χ4v) is 2.38. The zero-order valence-electron chi connectivity index (χ0n) is 13.1. The van der Waals surface area contributed by atoms with Gasteiger partial charge in [-0.25, -0.2) is 4.98 Å². The number of ether oxygens (including phenoxy) is 2. The Kier molecular flexibility index (Phi) is 5.04. The van der Waals surface area contributed by atoms with E-state index in [1.165, 1.54) is 6.20 Å². The van der Waals surface area contributed by atoms with Crippen molar-refractivity contribution in [2.24, 2.45) is 0 Å². The summed E-state index contributed by atoms with van der Waals surface area (Å²) in [5.41, 5.74) is 1.62. The molecule has 0 aliphatic carbocycles. The first-order chi connectivity index (χ1) is 11.7. The summed E-state index contributed by atoms with van der Waals surface area (Å²) in [6, 6.07) is 12.1. The third-order valence-corrected chi connectivity index (χ3v) is 3.73. The molecular weight excluding hydrogens is 306 g/mol. The van der Waals surface area contributed by atoms with Gasteiger partial charge in [0.15, 0.2) is 0 Å². The molecule has 0 unspecified atom stereocenters. The Hall–Kier alpha value is -2.91. The molecule has 6 nitrogen and oxygen atoms in total. The van der Waals surface area contributed by atoms with Crippen molar-refractivity contribution in [2.45, 2.75) is 18.9 Å². The zero-order chi connectivity index (χ0) is 16.8. The molecule has 1 saturated heterocycles. The molecule has 6 heteroatoms. The fourth-order valence-electron chi connectivity index (χ4n) is 2.38. The number of pyridine rings is 1. The number of amides is 1. The minimum atomic E-state index is -0.259. The topological polar surface area (TPSA) is 84.2 Å². The van der Waals surface area contributed by atoms with Crippen molar-refractivity contribution in [1.29, 1.82) is 5.26 Å². The molecule has 1 aliphatic heterocycles. The molecule has 24 heavy (non-hydrogen) atoms. The van der Waals surface area contributed by atoms with Gasteiger partial charge in [0.1, 0.15) is 6.10 Å². The molecule has 1 fully saturated rings. The van der Waals surface area contributed by atoms with Gasteiger partial charge >= 0.3 is 0 Å². The number of rotatable bonds is 4. The lowest BCUT2D eigenvalue weighted by Gasteiger charge is -2.22. The van der Waals surface area contributed by atoms with Crippen LogP contribution in [0.3, 0.4) is 0 Å². The number of anilines is 1. The number of nitrogens with zero attached hydrogens (tertiary/aromatic N) is 2. The summed E-state index contributed by atoms with van der Waals surface area (Å²) in [6.45, 7) is 1.41. The lowest BCUT2D eigenvalue weighted by molar-refractivity contribution is 0.0237. The Morgan fingerprint density at radius 2 is 1.96 bits per heavy atom. The Balaban J connectivity index is 1.59. The number of nitrogens with one attached hydrogen (secondary N) is 1. The highest BCUT2D eigenvalue weighted by molar-refractivity contribution is 6.04. The molecule has 2 heterocycles. The summed E-state index contributed by atoms with van der Waals surface area (Å²) >= 11 is 0. The van der Waals surface area contributed by atoms with Crippen molar-refractivity contribution in [3.63, 3.8) is 0 Å². The summed E-state index contributed by atoms with van der Waals surface area (Å²) < 4.78 is 11.1. The molecule has 1 N–H and O–H groups in total. The van der Waals surface area contributed by atoms with Crippen LogP contribution in [0.2, 0.25) is 0 Å². The van der Waals surface area contributed by atoms with Crippen molar-refractivity contribution >= 4 is 11.6 Å². The molecular formula is C18H17N3O3. The number of hydrogen-bond acceptors (Lipinski definition) is 5. The molecule has 0 radical (unpaired) electrons. The van der Waals surface area contributed by atoms with Gasteiger partial charge in [0.25, 0.3) is 5.91 Å². The van der Waals surface area contributed by atoms with E-state index >= 15 is 0 Å². The van der Waals surface area contributed by atoms with Crippen molar-refractivity contribution in [3.05, 3.63) is 53.7 Å². The average Bonchev–Trinajstić information content (AvgIpc) is 2.64. The molecule has 0 bridgehead atoms. The van der Waals surface area contributed by atoms with E-state index < -0.39 is 0 Å². The highest BCUT2D eigenvalue weighted by atomic mass is 16.5. The molecule has 2 aromatic rings. The third-order valence-electron chi connectivity index (χ3n) is 3.73. The minimum absolute atomic E-state index is 0.115.